The van der Waals surface area contributed by atoms with Crippen LogP contribution in [0, 0.1) is 0 Å². The van der Waals surface area contributed by atoms with Crippen molar-refractivity contribution < 1.29 is 9.18 Å². The number of alkyl halides is 1. The molecule has 3 aromatic rings. The molecule has 24 heavy (non-hydrogen) atoms. The number of anilines is 1. The normalized spacial score (nSPS) is 10.4. The van der Waals surface area contributed by atoms with Gasteiger partial charge in [-0.3, -0.25) is 10.1 Å². The van der Waals surface area contributed by atoms with Crippen molar-refractivity contribution in [1.82, 2.24) is 10.2 Å². The van der Waals surface area contributed by atoms with Gasteiger partial charge in [-0.25, -0.2) is 4.39 Å². The number of hydrogen-bond acceptors (Lipinski definition) is 4. The van der Waals surface area contributed by atoms with Gasteiger partial charge in [-0.1, -0.05) is 66.5 Å². The van der Waals surface area contributed by atoms with Gasteiger partial charge in [-0.2, -0.15) is 0 Å². The summed E-state index contributed by atoms with van der Waals surface area (Å²) in [6.07, 6.45) is 1.76. The van der Waals surface area contributed by atoms with Crippen LogP contribution in [0.25, 0.3) is 16.6 Å². The van der Waals surface area contributed by atoms with Gasteiger partial charge in [0.15, 0.2) is 0 Å². The SMILES string of the molecule is C=Cc1ccc(-c2nnc(NC(=O)c3ccccc3CF)s2)cc1. The maximum absolute atomic E-state index is 13.0. The summed E-state index contributed by atoms with van der Waals surface area (Å²) >= 11 is 1.26. The fourth-order valence-electron chi connectivity index (χ4n) is 2.17. The third-order valence-corrected chi connectivity index (χ3v) is 4.33. The minimum absolute atomic E-state index is 0.298. The molecule has 2 aromatic carbocycles. The highest BCUT2D eigenvalue weighted by molar-refractivity contribution is 7.18. The van der Waals surface area contributed by atoms with E-state index in [1.807, 2.05) is 24.3 Å². The summed E-state index contributed by atoms with van der Waals surface area (Å²) in [5.74, 6) is -0.395. The van der Waals surface area contributed by atoms with Crippen molar-refractivity contribution in [2.24, 2.45) is 0 Å². The lowest BCUT2D eigenvalue weighted by Crippen LogP contribution is -2.13. The van der Waals surface area contributed by atoms with Gasteiger partial charge < -0.3 is 0 Å². The molecule has 0 aliphatic heterocycles. The van der Waals surface area contributed by atoms with E-state index in [4.69, 9.17) is 0 Å². The predicted octanol–water partition coefficient (Wildman–Crippen LogP) is 4.57. The smallest absolute Gasteiger partial charge is 0.257 e. The molecule has 120 valence electrons. The van der Waals surface area contributed by atoms with Crippen LogP contribution in [0.1, 0.15) is 21.5 Å². The first-order valence-electron chi connectivity index (χ1n) is 7.23. The Labute approximate surface area is 142 Å². The summed E-state index contributed by atoms with van der Waals surface area (Å²) in [6, 6.07) is 14.3. The molecule has 0 spiro atoms. The van der Waals surface area contributed by atoms with E-state index in [1.54, 1.807) is 30.3 Å². The zero-order valence-electron chi connectivity index (χ0n) is 12.7. The second-order valence-corrected chi connectivity index (χ2v) is 5.96. The Morgan fingerprint density at radius 2 is 1.92 bits per heavy atom. The Hall–Kier alpha value is -2.86. The van der Waals surface area contributed by atoms with Gasteiger partial charge in [-0.15, -0.1) is 10.2 Å². The monoisotopic (exact) mass is 339 g/mol. The molecular formula is C18H14FN3OS. The van der Waals surface area contributed by atoms with E-state index in [0.717, 1.165) is 11.1 Å². The van der Waals surface area contributed by atoms with E-state index in [0.29, 0.717) is 21.3 Å². The van der Waals surface area contributed by atoms with Gasteiger partial charge in [0.25, 0.3) is 5.91 Å². The van der Waals surface area contributed by atoms with Crippen molar-refractivity contribution in [2.75, 3.05) is 5.32 Å². The van der Waals surface area contributed by atoms with Crippen LogP contribution in [0.15, 0.2) is 55.1 Å². The van der Waals surface area contributed by atoms with Crippen molar-refractivity contribution in [3.05, 3.63) is 71.8 Å². The number of halogens is 1. The number of hydrogen-bond donors (Lipinski definition) is 1. The fourth-order valence-corrected chi connectivity index (χ4v) is 2.92. The van der Waals surface area contributed by atoms with Gasteiger partial charge in [0.05, 0.1) is 0 Å². The van der Waals surface area contributed by atoms with Crippen molar-refractivity contribution in [2.45, 2.75) is 6.67 Å². The van der Waals surface area contributed by atoms with Crippen LogP contribution >= 0.6 is 11.3 Å². The summed E-state index contributed by atoms with van der Waals surface area (Å²) in [7, 11) is 0. The molecule has 0 saturated carbocycles. The summed E-state index contributed by atoms with van der Waals surface area (Å²) in [6.45, 7) is 3.02. The van der Waals surface area contributed by atoms with Crippen LogP contribution in [-0.2, 0) is 6.67 Å². The fraction of sp³-hybridized carbons (Fsp3) is 0.0556. The number of aromatic nitrogens is 2. The molecule has 0 aliphatic carbocycles. The molecule has 0 unspecified atom stereocenters. The topological polar surface area (TPSA) is 54.9 Å². The van der Waals surface area contributed by atoms with Gasteiger partial charge in [0.2, 0.25) is 5.13 Å². The Morgan fingerprint density at radius 1 is 1.17 bits per heavy atom. The molecule has 0 bridgehead atoms. The van der Waals surface area contributed by atoms with Crippen LogP contribution in [-0.4, -0.2) is 16.1 Å². The standard InChI is InChI=1S/C18H14FN3OS/c1-2-12-7-9-13(10-8-12)17-21-22-18(24-17)20-16(23)15-6-4-3-5-14(15)11-19/h2-10H,1,11H2,(H,20,22,23). The molecule has 4 nitrogen and oxygen atoms in total. The first kappa shape index (κ1) is 16.0. The van der Waals surface area contributed by atoms with E-state index in [-0.39, 0.29) is 0 Å². The lowest BCUT2D eigenvalue weighted by atomic mass is 10.1. The Bertz CT molecular complexity index is 874. The molecule has 1 N–H and O–H groups in total. The van der Waals surface area contributed by atoms with Crippen LogP contribution < -0.4 is 5.32 Å². The molecule has 0 fully saturated rings. The van der Waals surface area contributed by atoms with E-state index in [2.05, 4.69) is 22.1 Å². The number of rotatable bonds is 5. The van der Waals surface area contributed by atoms with Crippen molar-refractivity contribution in [3.8, 4) is 10.6 Å². The largest absolute Gasteiger partial charge is 0.296 e. The molecule has 6 heteroatoms. The number of amides is 1. The summed E-state index contributed by atoms with van der Waals surface area (Å²) < 4.78 is 13.0. The highest BCUT2D eigenvalue weighted by atomic mass is 32.1. The average Bonchev–Trinajstić information content (AvgIpc) is 3.10. The molecule has 1 aromatic heterocycles. The Kier molecular flexibility index (Phi) is 4.77. The summed E-state index contributed by atoms with van der Waals surface area (Å²) in [5, 5.41) is 11.8. The molecule has 0 atom stereocenters. The van der Waals surface area contributed by atoms with E-state index in [1.165, 1.54) is 11.3 Å². The Morgan fingerprint density at radius 3 is 2.62 bits per heavy atom. The highest BCUT2D eigenvalue weighted by Crippen LogP contribution is 2.27. The highest BCUT2D eigenvalue weighted by Gasteiger charge is 2.14. The molecule has 0 radical (unpaired) electrons. The lowest BCUT2D eigenvalue weighted by molar-refractivity contribution is 0.102. The average molecular weight is 339 g/mol. The lowest BCUT2D eigenvalue weighted by Gasteiger charge is -2.05. The molecule has 3 rings (SSSR count). The minimum atomic E-state index is -0.694. The molecule has 0 saturated heterocycles. The summed E-state index contributed by atoms with van der Waals surface area (Å²) in [5.41, 5.74) is 2.56. The van der Waals surface area contributed by atoms with Gasteiger partial charge in [0.1, 0.15) is 11.7 Å². The third kappa shape index (κ3) is 3.38. The number of nitrogens with zero attached hydrogens (tertiary/aromatic N) is 2. The van der Waals surface area contributed by atoms with Crippen molar-refractivity contribution >= 4 is 28.5 Å². The van der Waals surface area contributed by atoms with Crippen LogP contribution in [0.4, 0.5) is 9.52 Å². The van der Waals surface area contributed by atoms with Crippen molar-refractivity contribution in [3.63, 3.8) is 0 Å². The zero-order chi connectivity index (χ0) is 16.9. The molecule has 1 amide bonds. The van der Waals surface area contributed by atoms with E-state index < -0.39 is 12.6 Å². The maximum Gasteiger partial charge on any atom is 0.257 e. The number of nitrogens with one attached hydrogen (secondary N) is 1. The summed E-state index contributed by atoms with van der Waals surface area (Å²) in [4.78, 5) is 12.3. The van der Waals surface area contributed by atoms with Gasteiger partial charge in [-0.05, 0) is 17.2 Å². The number of carbonyl (C=O) groups excluding carboxylic acids is 1. The Balaban J connectivity index is 1.78. The molecule has 0 aliphatic rings. The van der Waals surface area contributed by atoms with Gasteiger partial charge >= 0.3 is 0 Å². The molecule has 1 heterocycles. The van der Waals surface area contributed by atoms with E-state index >= 15 is 0 Å². The first-order chi connectivity index (χ1) is 11.7. The second kappa shape index (κ2) is 7.14. The maximum atomic E-state index is 13.0. The predicted molar refractivity (Wildman–Crippen MR) is 94.6 cm³/mol. The van der Waals surface area contributed by atoms with Crippen LogP contribution in [0.3, 0.4) is 0 Å². The van der Waals surface area contributed by atoms with Gasteiger partial charge in [0, 0.05) is 11.1 Å². The minimum Gasteiger partial charge on any atom is -0.296 e. The third-order valence-electron chi connectivity index (χ3n) is 3.44. The van der Waals surface area contributed by atoms with Crippen LogP contribution in [0.5, 0.6) is 0 Å². The molecular weight excluding hydrogens is 325 g/mol. The number of benzene rings is 2. The quantitative estimate of drug-likeness (QED) is 0.741. The van der Waals surface area contributed by atoms with Crippen LogP contribution in [0.2, 0.25) is 0 Å². The van der Waals surface area contributed by atoms with E-state index in [9.17, 15) is 9.18 Å². The first-order valence-corrected chi connectivity index (χ1v) is 8.04. The van der Waals surface area contributed by atoms with Crippen molar-refractivity contribution in [1.29, 1.82) is 0 Å². The zero-order valence-corrected chi connectivity index (χ0v) is 13.5. The number of carbonyl (C=O) groups is 1. The second-order valence-electron chi connectivity index (χ2n) is 4.98.